The van der Waals surface area contributed by atoms with Crippen molar-refractivity contribution in [3.8, 4) is 34.5 Å². The molecule has 0 heterocycles. The molecule has 0 N–H and O–H groups in total. The zero-order valence-electron chi connectivity index (χ0n) is 28.4. The molecule has 0 aromatic heterocycles. The van der Waals surface area contributed by atoms with Gasteiger partial charge in [0.15, 0.2) is 34.5 Å². The fourth-order valence-corrected chi connectivity index (χ4v) is 4.44. The van der Waals surface area contributed by atoms with E-state index in [2.05, 4.69) is 59.7 Å². The van der Waals surface area contributed by atoms with Crippen molar-refractivity contribution in [3.05, 3.63) is 71.3 Å². The zero-order valence-corrected chi connectivity index (χ0v) is 29.5. The molecule has 0 atom stereocenters. The van der Waals surface area contributed by atoms with Gasteiger partial charge in [-0.05, 0) is 90.1 Å². The van der Waals surface area contributed by atoms with Crippen molar-refractivity contribution in [1.29, 1.82) is 0 Å². The molecule has 43 heavy (non-hydrogen) atoms. The van der Waals surface area contributed by atoms with Gasteiger partial charge in [-0.1, -0.05) is 59.7 Å². The van der Waals surface area contributed by atoms with E-state index in [0.29, 0.717) is 17.8 Å². The number of benzene rings is 3. The SMILES string of the molecule is COc1ccc(CC(C)C)cc1OC.COc1ccc(CC(C)C)cc1OC.COc1ccc(CC(C)C)cc1OC.[Fe+3]. The predicted octanol–water partition coefficient (Wildman–Crippen LogP) is 8.70. The quantitative estimate of drug-likeness (QED) is 0.185. The molecule has 6 nitrogen and oxygen atoms in total. The minimum Gasteiger partial charge on any atom is -0.493 e. The smallest absolute Gasteiger partial charge is 0.493 e. The summed E-state index contributed by atoms with van der Waals surface area (Å²) in [5.41, 5.74) is 3.87. The molecule has 1 radical (unpaired) electrons. The number of hydrogen-bond acceptors (Lipinski definition) is 6. The third kappa shape index (κ3) is 14.8. The van der Waals surface area contributed by atoms with E-state index in [1.807, 2.05) is 36.4 Å². The van der Waals surface area contributed by atoms with Gasteiger partial charge in [-0.25, -0.2) is 0 Å². The van der Waals surface area contributed by atoms with E-state index < -0.39 is 0 Å². The fourth-order valence-electron chi connectivity index (χ4n) is 4.44. The molecule has 7 heteroatoms. The van der Waals surface area contributed by atoms with Crippen LogP contribution in [0.4, 0.5) is 0 Å². The molecule has 0 fully saturated rings. The van der Waals surface area contributed by atoms with Crippen molar-refractivity contribution in [2.24, 2.45) is 17.8 Å². The molecule has 0 aliphatic rings. The van der Waals surface area contributed by atoms with Gasteiger partial charge in [0.05, 0.1) is 42.7 Å². The summed E-state index contributed by atoms with van der Waals surface area (Å²) in [6.45, 7) is 13.2. The van der Waals surface area contributed by atoms with Gasteiger partial charge < -0.3 is 28.4 Å². The molecule has 239 valence electrons. The van der Waals surface area contributed by atoms with Gasteiger partial charge in [0.1, 0.15) is 0 Å². The maximum atomic E-state index is 5.23. The van der Waals surface area contributed by atoms with Crippen LogP contribution in [0.2, 0.25) is 0 Å². The summed E-state index contributed by atoms with van der Waals surface area (Å²) >= 11 is 0. The second-order valence-corrected chi connectivity index (χ2v) is 11.4. The molecule has 0 bridgehead atoms. The Hall–Kier alpha value is -3.02. The van der Waals surface area contributed by atoms with E-state index in [1.165, 1.54) is 16.7 Å². The first-order valence-electron chi connectivity index (χ1n) is 14.6. The van der Waals surface area contributed by atoms with Crippen molar-refractivity contribution in [2.75, 3.05) is 42.7 Å². The number of hydrogen-bond donors (Lipinski definition) is 0. The van der Waals surface area contributed by atoms with Crippen LogP contribution in [0.1, 0.15) is 58.2 Å². The molecule has 0 aliphatic carbocycles. The van der Waals surface area contributed by atoms with E-state index in [0.717, 1.165) is 53.8 Å². The Morgan fingerprint density at radius 1 is 0.372 bits per heavy atom. The normalized spacial score (nSPS) is 10.1. The average molecular weight is 639 g/mol. The minimum atomic E-state index is 0. The van der Waals surface area contributed by atoms with Crippen LogP contribution >= 0.6 is 0 Å². The summed E-state index contributed by atoms with van der Waals surface area (Å²) in [5, 5.41) is 0. The summed E-state index contributed by atoms with van der Waals surface area (Å²) in [7, 11) is 9.95. The monoisotopic (exact) mass is 638 g/mol. The number of ether oxygens (including phenoxy) is 6. The van der Waals surface area contributed by atoms with Gasteiger partial charge in [0.25, 0.3) is 0 Å². The molecule has 3 aromatic carbocycles. The summed E-state index contributed by atoms with van der Waals surface area (Å²) < 4.78 is 31.2. The molecular formula is C36H54FeO6+3. The molecule has 3 rings (SSSR count). The van der Waals surface area contributed by atoms with E-state index in [1.54, 1.807) is 42.7 Å². The molecule has 3 aromatic rings. The standard InChI is InChI=1S/3C12H18O2.Fe/c3*1-9(2)7-10-5-6-11(13-3)12(8-10)14-4;/h3*5-6,8-9H,7H2,1-4H3;/q;;;+3. The van der Waals surface area contributed by atoms with Crippen molar-refractivity contribution in [3.63, 3.8) is 0 Å². The van der Waals surface area contributed by atoms with Crippen LogP contribution in [0.3, 0.4) is 0 Å². The van der Waals surface area contributed by atoms with Crippen molar-refractivity contribution < 1.29 is 45.5 Å². The second kappa shape index (κ2) is 21.6. The Morgan fingerprint density at radius 2 is 0.581 bits per heavy atom. The molecule has 0 aliphatic heterocycles. The number of rotatable bonds is 12. The van der Waals surface area contributed by atoms with E-state index >= 15 is 0 Å². The molecule has 0 saturated carbocycles. The third-order valence-corrected chi connectivity index (χ3v) is 6.28. The summed E-state index contributed by atoms with van der Waals surface area (Å²) in [4.78, 5) is 0. The van der Waals surface area contributed by atoms with Gasteiger partial charge in [-0.15, -0.1) is 0 Å². The first-order valence-corrected chi connectivity index (χ1v) is 14.6. The molecule has 0 unspecified atom stereocenters. The van der Waals surface area contributed by atoms with E-state index in [4.69, 9.17) is 28.4 Å². The Bertz CT molecular complexity index is 1030. The second-order valence-electron chi connectivity index (χ2n) is 11.4. The number of methoxy groups -OCH3 is 6. The Balaban J connectivity index is 0.000000608. The molecule has 0 spiro atoms. The predicted molar refractivity (Wildman–Crippen MR) is 174 cm³/mol. The first-order chi connectivity index (χ1) is 20.0. The van der Waals surface area contributed by atoms with Crippen LogP contribution in [0.25, 0.3) is 0 Å². The van der Waals surface area contributed by atoms with Gasteiger partial charge in [0, 0.05) is 0 Å². The van der Waals surface area contributed by atoms with Crippen LogP contribution in [0, 0.1) is 17.8 Å². The molecule has 0 saturated heterocycles. The Morgan fingerprint density at radius 3 is 0.744 bits per heavy atom. The molecule has 0 amide bonds. The zero-order chi connectivity index (χ0) is 31.7. The van der Waals surface area contributed by atoms with Crippen molar-refractivity contribution in [1.82, 2.24) is 0 Å². The van der Waals surface area contributed by atoms with E-state index in [9.17, 15) is 0 Å². The maximum Gasteiger partial charge on any atom is 3.00 e. The average Bonchev–Trinajstić information content (AvgIpc) is 2.96. The Kier molecular flexibility index (Phi) is 20.1. The topological polar surface area (TPSA) is 55.4 Å². The van der Waals surface area contributed by atoms with Crippen molar-refractivity contribution >= 4 is 0 Å². The summed E-state index contributed by atoms with van der Waals surface area (Å²) in [6, 6.07) is 18.2. The van der Waals surface area contributed by atoms with Gasteiger partial charge in [-0.2, -0.15) is 0 Å². The van der Waals surface area contributed by atoms with Crippen molar-refractivity contribution in [2.45, 2.75) is 60.8 Å². The van der Waals surface area contributed by atoms with Crippen LogP contribution in [-0.2, 0) is 36.3 Å². The Labute approximate surface area is 271 Å². The van der Waals surface area contributed by atoms with Crippen LogP contribution < -0.4 is 28.4 Å². The third-order valence-electron chi connectivity index (χ3n) is 6.28. The summed E-state index contributed by atoms with van der Waals surface area (Å²) in [6.07, 6.45) is 3.21. The first kappa shape index (κ1) is 40.0. The fraction of sp³-hybridized carbons (Fsp3) is 0.500. The largest absolute Gasteiger partial charge is 3.00 e. The van der Waals surface area contributed by atoms with Gasteiger partial charge >= 0.3 is 17.1 Å². The molecular weight excluding hydrogens is 584 g/mol. The van der Waals surface area contributed by atoms with E-state index in [-0.39, 0.29) is 17.1 Å². The minimum absolute atomic E-state index is 0. The van der Waals surface area contributed by atoms with Gasteiger partial charge in [0.2, 0.25) is 0 Å². The van der Waals surface area contributed by atoms with Crippen LogP contribution in [-0.4, -0.2) is 42.7 Å². The summed E-state index contributed by atoms with van der Waals surface area (Å²) in [5.74, 6) is 6.79. The van der Waals surface area contributed by atoms with Crippen LogP contribution in [0.5, 0.6) is 34.5 Å². The van der Waals surface area contributed by atoms with Crippen LogP contribution in [0.15, 0.2) is 54.6 Å². The van der Waals surface area contributed by atoms with Gasteiger partial charge in [-0.3, -0.25) is 0 Å². The maximum absolute atomic E-state index is 5.23.